The fourth-order valence-electron chi connectivity index (χ4n) is 3.84. The van der Waals surface area contributed by atoms with E-state index >= 15 is 0 Å². The van der Waals surface area contributed by atoms with Crippen molar-refractivity contribution in [2.45, 2.75) is 33.6 Å². The monoisotopic (exact) mass is 408 g/mol. The van der Waals surface area contributed by atoms with Crippen molar-refractivity contribution in [1.82, 2.24) is 24.5 Å². The first-order valence-corrected chi connectivity index (χ1v) is 10.5. The number of carbonyl (C=O) groups excluding carboxylic acids is 1. The highest BCUT2D eigenvalue weighted by molar-refractivity contribution is 5.78. The molecule has 1 aromatic carbocycles. The zero-order chi connectivity index (χ0) is 21.1. The molecule has 0 spiro atoms. The Labute approximate surface area is 176 Å². The second kappa shape index (κ2) is 8.69. The van der Waals surface area contributed by atoms with Crippen molar-refractivity contribution in [2.24, 2.45) is 0 Å². The van der Waals surface area contributed by atoms with Crippen LogP contribution in [-0.4, -0.2) is 63.2 Å². The second-order valence-electron chi connectivity index (χ2n) is 7.71. The van der Waals surface area contributed by atoms with E-state index in [1.165, 1.54) is 5.69 Å². The largest absolute Gasteiger partial charge is 0.484 e. The van der Waals surface area contributed by atoms with Gasteiger partial charge in [-0.2, -0.15) is 4.98 Å². The van der Waals surface area contributed by atoms with Crippen LogP contribution in [0.1, 0.15) is 30.4 Å². The van der Waals surface area contributed by atoms with E-state index in [-0.39, 0.29) is 12.5 Å². The lowest BCUT2D eigenvalue weighted by atomic mass is 10.2. The number of aromatic nitrogens is 4. The molecule has 1 saturated heterocycles. The summed E-state index contributed by atoms with van der Waals surface area (Å²) in [6, 6.07) is 9.88. The first kappa shape index (κ1) is 20.1. The molecule has 1 fully saturated rings. The van der Waals surface area contributed by atoms with Crippen LogP contribution >= 0.6 is 0 Å². The van der Waals surface area contributed by atoms with E-state index in [0.717, 1.165) is 48.9 Å². The molecule has 2 aromatic heterocycles. The Morgan fingerprint density at radius 1 is 1.10 bits per heavy atom. The van der Waals surface area contributed by atoms with E-state index in [0.29, 0.717) is 18.9 Å². The van der Waals surface area contributed by atoms with Gasteiger partial charge in [-0.05, 0) is 38.0 Å². The highest BCUT2D eigenvalue weighted by atomic mass is 16.5. The third-order valence-electron chi connectivity index (χ3n) is 5.42. The molecule has 0 aliphatic carbocycles. The summed E-state index contributed by atoms with van der Waals surface area (Å²) < 4.78 is 7.69. The Kier molecular flexibility index (Phi) is 5.83. The van der Waals surface area contributed by atoms with Crippen LogP contribution in [0.25, 0.3) is 5.78 Å². The van der Waals surface area contributed by atoms with Crippen LogP contribution in [0.4, 0.5) is 5.82 Å². The molecule has 0 radical (unpaired) electrons. The maximum Gasteiger partial charge on any atom is 0.260 e. The molecule has 4 rings (SSSR count). The average Bonchev–Trinajstić information content (AvgIpc) is 3.13. The Bertz CT molecular complexity index is 1040. The lowest BCUT2D eigenvalue weighted by molar-refractivity contribution is -0.133. The van der Waals surface area contributed by atoms with Crippen molar-refractivity contribution in [3.05, 3.63) is 47.4 Å². The number of hydrogen-bond donors (Lipinski definition) is 0. The third-order valence-corrected chi connectivity index (χ3v) is 5.42. The molecule has 3 heterocycles. The van der Waals surface area contributed by atoms with Gasteiger partial charge in [0.1, 0.15) is 17.4 Å². The first-order chi connectivity index (χ1) is 14.5. The smallest absolute Gasteiger partial charge is 0.260 e. The number of carbonyl (C=O) groups is 1. The minimum atomic E-state index is 0.0133. The average molecular weight is 409 g/mol. The molecule has 30 heavy (non-hydrogen) atoms. The maximum atomic E-state index is 12.6. The molecule has 0 unspecified atom stereocenters. The minimum absolute atomic E-state index is 0.0133. The molecule has 1 aliphatic rings. The number of fused-ring (bicyclic) bond motifs is 1. The fraction of sp³-hybridized carbons (Fsp3) is 0.455. The molecular weight excluding hydrogens is 380 g/mol. The zero-order valence-corrected chi connectivity index (χ0v) is 17.8. The van der Waals surface area contributed by atoms with Crippen LogP contribution in [0.15, 0.2) is 30.3 Å². The molecule has 8 heteroatoms. The van der Waals surface area contributed by atoms with E-state index < -0.39 is 0 Å². The highest BCUT2D eigenvalue weighted by Crippen LogP contribution is 2.20. The molecule has 1 aliphatic heterocycles. The molecule has 0 bridgehead atoms. The predicted octanol–water partition coefficient (Wildman–Crippen LogP) is 2.42. The van der Waals surface area contributed by atoms with Crippen LogP contribution in [-0.2, 0) is 11.2 Å². The normalized spacial score (nSPS) is 14.4. The topological polar surface area (TPSA) is 75.9 Å². The van der Waals surface area contributed by atoms with Gasteiger partial charge in [0.2, 0.25) is 0 Å². The van der Waals surface area contributed by atoms with Gasteiger partial charge in [0.25, 0.3) is 11.7 Å². The molecule has 1 amide bonds. The van der Waals surface area contributed by atoms with Crippen LogP contribution in [0, 0.1) is 13.8 Å². The number of piperazine rings is 1. The van der Waals surface area contributed by atoms with E-state index in [9.17, 15) is 4.79 Å². The SMILES string of the molecule is CCCc1cc(N2CCN(C(=O)COc3cccc(C)c3)CC2)nc2nnc(C)n12. The summed E-state index contributed by atoms with van der Waals surface area (Å²) in [4.78, 5) is 21.3. The van der Waals surface area contributed by atoms with E-state index in [1.807, 2.05) is 47.4 Å². The van der Waals surface area contributed by atoms with Crippen molar-refractivity contribution in [3.63, 3.8) is 0 Å². The molecular formula is C22H28N6O2. The van der Waals surface area contributed by atoms with Gasteiger partial charge in [0.15, 0.2) is 6.61 Å². The van der Waals surface area contributed by atoms with Gasteiger partial charge in [0, 0.05) is 37.9 Å². The summed E-state index contributed by atoms with van der Waals surface area (Å²) >= 11 is 0. The number of aryl methyl sites for hydroxylation is 3. The van der Waals surface area contributed by atoms with Crippen molar-refractivity contribution in [3.8, 4) is 5.75 Å². The lowest BCUT2D eigenvalue weighted by Crippen LogP contribution is -2.50. The summed E-state index contributed by atoms with van der Waals surface area (Å²) in [6.07, 6.45) is 1.99. The summed E-state index contributed by atoms with van der Waals surface area (Å²) in [5.41, 5.74) is 2.29. The van der Waals surface area contributed by atoms with E-state index in [4.69, 9.17) is 9.72 Å². The van der Waals surface area contributed by atoms with Gasteiger partial charge in [-0.1, -0.05) is 25.5 Å². The Morgan fingerprint density at radius 3 is 2.63 bits per heavy atom. The van der Waals surface area contributed by atoms with Crippen LogP contribution in [0.5, 0.6) is 5.75 Å². The number of rotatable bonds is 6. The quantitative estimate of drug-likeness (QED) is 0.624. The van der Waals surface area contributed by atoms with Crippen LogP contribution in [0.2, 0.25) is 0 Å². The Morgan fingerprint density at radius 2 is 1.90 bits per heavy atom. The van der Waals surface area contributed by atoms with Gasteiger partial charge in [-0.3, -0.25) is 9.20 Å². The zero-order valence-electron chi connectivity index (χ0n) is 17.8. The van der Waals surface area contributed by atoms with Crippen molar-refractivity contribution < 1.29 is 9.53 Å². The number of hydrogen-bond acceptors (Lipinski definition) is 6. The van der Waals surface area contributed by atoms with E-state index in [1.54, 1.807) is 0 Å². The predicted molar refractivity (Wildman–Crippen MR) is 115 cm³/mol. The molecule has 0 N–H and O–H groups in total. The van der Waals surface area contributed by atoms with Crippen LogP contribution in [0.3, 0.4) is 0 Å². The summed E-state index contributed by atoms with van der Waals surface area (Å²) in [5.74, 6) is 3.14. The van der Waals surface area contributed by atoms with Gasteiger partial charge < -0.3 is 14.5 Å². The maximum absolute atomic E-state index is 12.6. The second-order valence-corrected chi connectivity index (χ2v) is 7.71. The van der Waals surface area contributed by atoms with Gasteiger partial charge >= 0.3 is 0 Å². The number of nitrogens with zero attached hydrogens (tertiary/aromatic N) is 6. The molecule has 158 valence electrons. The number of benzene rings is 1. The molecule has 3 aromatic rings. The minimum Gasteiger partial charge on any atom is -0.484 e. The number of ether oxygens (including phenoxy) is 1. The van der Waals surface area contributed by atoms with Gasteiger partial charge in [-0.15, -0.1) is 10.2 Å². The van der Waals surface area contributed by atoms with E-state index in [2.05, 4.69) is 28.1 Å². The van der Waals surface area contributed by atoms with Crippen molar-refractivity contribution >= 4 is 17.5 Å². The summed E-state index contributed by atoms with van der Waals surface area (Å²) in [6.45, 7) is 8.95. The Balaban J connectivity index is 1.39. The Hall–Kier alpha value is -3.16. The standard InChI is InChI=1S/C22H28N6O2/c1-4-6-18-14-20(23-22-25-24-17(3)28(18)22)26-9-11-27(12-10-26)21(29)15-30-19-8-5-7-16(2)13-19/h5,7-8,13-14H,4,6,9-12,15H2,1-3H3. The highest BCUT2D eigenvalue weighted by Gasteiger charge is 2.23. The summed E-state index contributed by atoms with van der Waals surface area (Å²) in [7, 11) is 0. The summed E-state index contributed by atoms with van der Waals surface area (Å²) in [5, 5.41) is 8.39. The van der Waals surface area contributed by atoms with Gasteiger partial charge in [0.05, 0.1) is 0 Å². The number of anilines is 1. The fourth-order valence-corrected chi connectivity index (χ4v) is 3.84. The van der Waals surface area contributed by atoms with Crippen molar-refractivity contribution in [1.29, 1.82) is 0 Å². The first-order valence-electron chi connectivity index (χ1n) is 10.5. The van der Waals surface area contributed by atoms with Crippen LogP contribution < -0.4 is 9.64 Å². The lowest BCUT2D eigenvalue weighted by Gasteiger charge is -2.35. The molecule has 8 nitrogen and oxygen atoms in total. The molecule has 0 atom stereocenters. The molecule has 0 saturated carbocycles. The van der Waals surface area contributed by atoms with Crippen molar-refractivity contribution in [2.75, 3.05) is 37.7 Å². The number of amides is 1. The van der Waals surface area contributed by atoms with Gasteiger partial charge in [-0.25, -0.2) is 0 Å². The third kappa shape index (κ3) is 4.22.